The Hall–Kier alpha value is -0.0300. The summed E-state index contributed by atoms with van der Waals surface area (Å²) in [7, 11) is -3.56. The summed E-state index contributed by atoms with van der Waals surface area (Å²) in [5.41, 5.74) is 0. The molecule has 0 heterocycles. The van der Waals surface area contributed by atoms with Crippen LogP contribution in [0, 0.1) is 0 Å². The van der Waals surface area contributed by atoms with Crippen LogP contribution < -0.4 is 10.2 Å². The van der Waals surface area contributed by atoms with Crippen LogP contribution in [0.2, 0.25) is 0 Å². The number of hydrogen-bond donors (Lipinski definition) is 1. The van der Waals surface area contributed by atoms with Crippen LogP contribution in [0.4, 0.5) is 0 Å². The number of rotatable bonds is 12. The first kappa shape index (κ1) is 19.0. The standard InChI is InChI=1S/C12H26NO4PS/c1-18(15,16)17-10-6-4-3-5-9-13-12(14)8-7-11-19-2/h3-11H2,1-2H3,(H,13,14)(H,15,16)/p-1. The van der Waals surface area contributed by atoms with E-state index in [0.29, 0.717) is 13.0 Å². The molecular formula is C12H25NO4PS-. The highest BCUT2D eigenvalue weighted by atomic mass is 32.2. The third-order valence-corrected chi connectivity index (χ3v) is 3.82. The Balaban J connectivity index is 3.22. The Morgan fingerprint density at radius 1 is 1.26 bits per heavy atom. The molecule has 1 atom stereocenters. The monoisotopic (exact) mass is 310 g/mol. The molecule has 0 aromatic heterocycles. The maximum Gasteiger partial charge on any atom is 0.220 e. The number of unbranched alkanes of at least 4 members (excludes halogenated alkanes) is 3. The number of amides is 1. The van der Waals surface area contributed by atoms with Crippen molar-refractivity contribution in [2.75, 3.05) is 31.8 Å². The molecule has 0 bridgehead atoms. The summed E-state index contributed by atoms with van der Waals surface area (Å²) in [4.78, 5) is 22.1. The molecule has 0 aliphatic carbocycles. The normalized spacial score (nSPS) is 14.1. The number of nitrogens with one attached hydrogen (secondary N) is 1. The van der Waals surface area contributed by atoms with E-state index in [0.717, 1.165) is 44.5 Å². The molecule has 0 saturated carbocycles. The first-order valence-corrected chi connectivity index (χ1v) is 10.0. The first-order chi connectivity index (χ1) is 8.95. The van der Waals surface area contributed by atoms with Crippen LogP contribution in [0.1, 0.15) is 38.5 Å². The third-order valence-electron chi connectivity index (χ3n) is 2.47. The van der Waals surface area contributed by atoms with Crippen molar-refractivity contribution < 1.29 is 18.8 Å². The molecule has 0 rings (SSSR count). The summed E-state index contributed by atoms with van der Waals surface area (Å²) in [6, 6.07) is 0. The summed E-state index contributed by atoms with van der Waals surface area (Å²) >= 11 is 1.75. The molecule has 0 saturated heterocycles. The predicted octanol–water partition coefficient (Wildman–Crippen LogP) is 2.01. The maximum atomic E-state index is 11.4. The van der Waals surface area contributed by atoms with Gasteiger partial charge in [-0.3, -0.25) is 4.79 Å². The number of hydrogen-bond acceptors (Lipinski definition) is 5. The molecule has 0 aromatic rings. The lowest BCUT2D eigenvalue weighted by Crippen LogP contribution is -2.24. The van der Waals surface area contributed by atoms with Crippen LogP contribution in [0.15, 0.2) is 0 Å². The molecule has 114 valence electrons. The molecule has 0 fully saturated rings. The van der Waals surface area contributed by atoms with Crippen molar-refractivity contribution >= 4 is 25.3 Å². The van der Waals surface area contributed by atoms with Crippen molar-refractivity contribution in [2.45, 2.75) is 38.5 Å². The van der Waals surface area contributed by atoms with E-state index in [1.165, 1.54) is 0 Å². The van der Waals surface area contributed by atoms with Crippen molar-refractivity contribution in [2.24, 2.45) is 0 Å². The van der Waals surface area contributed by atoms with Crippen molar-refractivity contribution in [1.82, 2.24) is 5.32 Å². The van der Waals surface area contributed by atoms with Crippen LogP contribution >= 0.6 is 19.4 Å². The van der Waals surface area contributed by atoms with E-state index < -0.39 is 7.60 Å². The minimum absolute atomic E-state index is 0.121. The Kier molecular flexibility index (Phi) is 11.7. The zero-order valence-electron chi connectivity index (χ0n) is 11.9. The first-order valence-electron chi connectivity index (χ1n) is 6.64. The maximum absolute atomic E-state index is 11.4. The Labute approximate surface area is 120 Å². The second-order valence-corrected chi connectivity index (χ2v) is 7.25. The van der Waals surface area contributed by atoms with Crippen LogP contribution in [0.3, 0.4) is 0 Å². The van der Waals surface area contributed by atoms with E-state index >= 15 is 0 Å². The summed E-state index contributed by atoms with van der Waals surface area (Å²) in [6.07, 6.45) is 7.12. The van der Waals surface area contributed by atoms with Gasteiger partial charge in [0, 0.05) is 19.6 Å². The highest BCUT2D eigenvalue weighted by Gasteiger charge is 2.00. The summed E-state index contributed by atoms with van der Waals surface area (Å²) < 4.78 is 15.4. The van der Waals surface area contributed by atoms with Gasteiger partial charge in [0.25, 0.3) is 0 Å². The second kappa shape index (κ2) is 11.8. The molecule has 0 spiro atoms. The van der Waals surface area contributed by atoms with Gasteiger partial charge in [0.2, 0.25) is 5.91 Å². The zero-order chi connectivity index (χ0) is 14.6. The van der Waals surface area contributed by atoms with Crippen molar-refractivity contribution in [3.63, 3.8) is 0 Å². The van der Waals surface area contributed by atoms with Crippen LogP contribution in [0.5, 0.6) is 0 Å². The highest BCUT2D eigenvalue weighted by Crippen LogP contribution is 2.30. The van der Waals surface area contributed by atoms with E-state index in [2.05, 4.69) is 9.84 Å². The summed E-state index contributed by atoms with van der Waals surface area (Å²) in [6.45, 7) is 2.05. The molecule has 0 aromatic carbocycles. The summed E-state index contributed by atoms with van der Waals surface area (Å²) in [5, 5.41) is 2.88. The molecule has 1 amide bonds. The van der Waals surface area contributed by atoms with Gasteiger partial charge in [-0.1, -0.05) is 12.8 Å². The quantitative estimate of drug-likeness (QED) is 0.440. The average molecular weight is 310 g/mol. The lowest BCUT2D eigenvalue weighted by Gasteiger charge is -2.17. The Morgan fingerprint density at radius 2 is 1.95 bits per heavy atom. The molecule has 1 unspecified atom stereocenters. The minimum Gasteiger partial charge on any atom is -0.779 e. The fraction of sp³-hybridized carbons (Fsp3) is 0.917. The van der Waals surface area contributed by atoms with E-state index in [9.17, 15) is 14.3 Å². The lowest BCUT2D eigenvalue weighted by atomic mass is 10.2. The van der Waals surface area contributed by atoms with Gasteiger partial charge >= 0.3 is 0 Å². The predicted molar refractivity (Wildman–Crippen MR) is 78.6 cm³/mol. The van der Waals surface area contributed by atoms with Gasteiger partial charge in [0.15, 0.2) is 0 Å². The van der Waals surface area contributed by atoms with Gasteiger partial charge in [0.1, 0.15) is 7.60 Å². The average Bonchev–Trinajstić information content (AvgIpc) is 2.31. The Morgan fingerprint density at radius 3 is 2.58 bits per heavy atom. The van der Waals surface area contributed by atoms with Crippen molar-refractivity contribution in [3.8, 4) is 0 Å². The van der Waals surface area contributed by atoms with E-state index in [1.54, 1.807) is 11.8 Å². The minimum atomic E-state index is -3.56. The van der Waals surface area contributed by atoms with E-state index in [1.807, 2.05) is 6.26 Å². The van der Waals surface area contributed by atoms with Gasteiger partial charge in [0.05, 0.1) is 6.61 Å². The SMILES string of the molecule is CSCCCC(=O)NCCCCCCOP(C)(=O)[O-]. The van der Waals surface area contributed by atoms with E-state index in [-0.39, 0.29) is 12.5 Å². The summed E-state index contributed by atoms with van der Waals surface area (Å²) in [5.74, 6) is 1.14. The molecule has 0 aliphatic heterocycles. The Bertz CT molecular complexity index is 283. The number of carbonyl (C=O) groups excluding carboxylic acids is 1. The van der Waals surface area contributed by atoms with Gasteiger partial charge in [-0.05, 0) is 31.3 Å². The van der Waals surface area contributed by atoms with E-state index in [4.69, 9.17) is 0 Å². The zero-order valence-corrected chi connectivity index (χ0v) is 13.6. The van der Waals surface area contributed by atoms with Crippen molar-refractivity contribution in [1.29, 1.82) is 0 Å². The molecular weight excluding hydrogens is 285 g/mol. The van der Waals surface area contributed by atoms with Gasteiger partial charge < -0.3 is 19.3 Å². The van der Waals surface area contributed by atoms with Gasteiger partial charge in [-0.25, -0.2) is 0 Å². The second-order valence-electron chi connectivity index (χ2n) is 4.47. The largest absolute Gasteiger partial charge is 0.779 e. The molecule has 0 radical (unpaired) electrons. The number of thioether (sulfide) groups is 1. The molecule has 7 heteroatoms. The van der Waals surface area contributed by atoms with Crippen LogP contribution in [-0.4, -0.2) is 37.7 Å². The third kappa shape index (κ3) is 15.9. The molecule has 19 heavy (non-hydrogen) atoms. The number of carbonyl (C=O) groups is 1. The smallest absolute Gasteiger partial charge is 0.220 e. The topological polar surface area (TPSA) is 78.5 Å². The van der Waals surface area contributed by atoms with Gasteiger partial charge in [-0.2, -0.15) is 11.8 Å². The highest BCUT2D eigenvalue weighted by molar-refractivity contribution is 7.98. The van der Waals surface area contributed by atoms with Crippen molar-refractivity contribution in [3.05, 3.63) is 0 Å². The van der Waals surface area contributed by atoms with Crippen LogP contribution in [-0.2, 0) is 13.9 Å². The lowest BCUT2D eigenvalue weighted by molar-refractivity contribution is -0.196. The van der Waals surface area contributed by atoms with Gasteiger partial charge in [-0.15, -0.1) is 0 Å². The molecule has 5 nitrogen and oxygen atoms in total. The fourth-order valence-corrected chi connectivity index (χ4v) is 2.40. The molecule has 0 aliphatic rings. The fourth-order valence-electron chi connectivity index (χ4n) is 1.50. The van der Waals surface area contributed by atoms with Crippen LogP contribution in [0.25, 0.3) is 0 Å². The molecule has 1 N–H and O–H groups in total.